The molecular formula is C21H23N5O5S2. The first kappa shape index (κ1) is 23.1. The summed E-state index contributed by atoms with van der Waals surface area (Å²) in [6, 6.07) is 7.53. The maximum Gasteiger partial charge on any atom is 0.262 e. The second-order valence-corrected chi connectivity index (χ2v) is 10.6. The second kappa shape index (κ2) is 9.41. The third-order valence-electron chi connectivity index (χ3n) is 5.40. The lowest BCUT2D eigenvalue weighted by atomic mass is 10.1. The molecule has 0 spiro atoms. The number of hydrogen-bond donors (Lipinski definition) is 2. The number of anilines is 1. The Morgan fingerprint density at radius 3 is 2.52 bits per heavy atom. The number of fused-ring (bicyclic) bond motifs is 1. The number of nitrogens with one attached hydrogen (secondary N) is 2. The largest absolute Gasteiger partial charge is 0.352 e. The van der Waals surface area contributed by atoms with Gasteiger partial charge in [-0.15, -0.1) is 11.3 Å². The fourth-order valence-corrected chi connectivity index (χ4v) is 5.93. The molecule has 1 fully saturated rings. The third-order valence-corrected chi connectivity index (χ3v) is 8.13. The Kier molecular flexibility index (Phi) is 6.58. The molecule has 3 heterocycles. The van der Waals surface area contributed by atoms with Crippen LogP contribution in [0.3, 0.4) is 0 Å². The number of thiophene rings is 1. The van der Waals surface area contributed by atoms with Gasteiger partial charge >= 0.3 is 0 Å². The summed E-state index contributed by atoms with van der Waals surface area (Å²) in [4.78, 5) is 41.0. The van der Waals surface area contributed by atoms with Gasteiger partial charge in [0.05, 0.1) is 16.6 Å². The highest BCUT2D eigenvalue weighted by atomic mass is 32.2. The van der Waals surface area contributed by atoms with E-state index in [-0.39, 0.29) is 47.9 Å². The zero-order chi connectivity index (χ0) is 23.6. The van der Waals surface area contributed by atoms with Crippen molar-refractivity contribution in [1.82, 2.24) is 19.2 Å². The number of amides is 2. The van der Waals surface area contributed by atoms with Gasteiger partial charge in [-0.2, -0.15) is 4.31 Å². The number of piperidine rings is 1. The molecule has 4 rings (SSSR count). The first-order chi connectivity index (χ1) is 15.7. The maximum atomic E-state index is 12.9. The molecule has 3 aromatic rings. The summed E-state index contributed by atoms with van der Waals surface area (Å²) in [7, 11) is -3.67. The van der Waals surface area contributed by atoms with Crippen LogP contribution in [0.4, 0.5) is 5.69 Å². The third kappa shape index (κ3) is 5.13. The van der Waals surface area contributed by atoms with Crippen LogP contribution in [0.1, 0.15) is 19.8 Å². The zero-order valence-electron chi connectivity index (χ0n) is 17.9. The number of benzene rings is 1. The molecule has 2 aromatic heterocycles. The van der Waals surface area contributed by atoms with E-state index in [0.717, 1.165) is 0 Å². The van der Waals surface area contributed by atoms with Crippen LogP contribution in [-0.4, -0.2) is 53.2 Å². The highest BCUT2D eigenvalue weighted by Crippen LogP contribution is 2.22. The normalized spacial score (nSPS) is 15.4. The predicted octanol–water partition coefficient (Wildman–Crippen LogP) is 1.39. The standard InChI is InChI=1S/C21H23N5O5S2/c1-14(27)23-15-2-4-17(5-3-15)33(30,31)26-9-6-16(7-10-26)24-19(28)12-25-13-22-20-18(21(25)29)8-11-32-20/h2-5,8,11,13,16H,6-7,9-10,12H2,1H3,(H,23,27)(H,24,28). The van der Waals surface area contributed by atoms with E-state index < -0.39 is 10.0 Å². The summed E-state index contributed by atoms with van der Waals surface area (Å²) in [5.74, 6) is -0.550. The summed E-state index contributed by atoms with van der Waals surface area (Å²) in [6.07, 6.45) is 2.30. The lowest BCUT2D eigenvalue weighted by Crippen LogP contribution is -2.47. The average molecular weight is 490 g/mol. The monoisotopic (exact) mass is 489 g/mol. The fourth-order valence-electron chi connectivity index (χ4n) is 3.74. The smallest absolute Gasteiger partial charge is 0.262 e. The fraction of sp³-hybridized carbons (Fsp3) is 0.333. The molecule has 10 nitrogen and oxygen atoms in total. The first-order valence-corrected chi connectivity index (χ1v) is 12.7. The first-order valence-electron chi connectivity index (χ1n) is 10.3. The molecule has 1 aromatic carbocycles. The lowest BCUT2D eigenvalue weighted by Gasteiger charge is -2.31. The van der Waals surface area contributed by atoms with Crippen LogP contribution in [0.25, 0.3) is 10.2 Å². The van der Waals surface area contributed by atoms with Crippen molar-refractivity contribution in [2.24, 2.45) is 0 Å². The molecule has 0 bridgehead atoms. The van der Waals surface area contributed by atoms with Crippen molar-refractivity contribution >= 4 is 49.1 Å². The predicted molar refractivity (Wildman–Crippen MR) is 125 cm³/mol. The number of aromatic nitrogens is 2. The number of rotatable bonds is 6. The highest BCUT2D eigenvalue weighted by Gasteiger charge is 2.30. The lowest BCUT2D eigenvalue weighted by molar-refractivity contribution is -0.122. The number of sulfonamides is 1. The molecule has 0 radical (unpaired) electrons. The quantitative estimate of drug-likeness (QED) is 0.538. The molecule has 0 saturated carbocycles. The molecule has 2 N–H and O–H groups in total. The Balaban J connectivity index is 1.33. The average Bonchev–Trinajstić information content (AvgIpc) is 3.26. The van der Waals surface area contributed by atoms with Crippen LogP contribution < -0.4 is 16.2 Å². The van der Waals surface area contributed by atoms with Crippen molar-refractivity contribution in [3.05, 3.63) is 52.4 Å². The number of nitrogens with zero attached hydrogens (tertiary/aromatic N) is 3. The van der Waals surface area contributed by atoms with Crippen LogP contribution in [0.2, 0.25) is 0 Å². The van der Waals surface area contributed by atoms with Gasteiger partial charge in [0.25, 0.3) is 5.56 Å². The van der Waals surface area contributed by atoms with Crippen LogP contribution in [0.5, 0.6) is 0 Å². The van der Waals surface area contributed by atoms with Crippen molar-refractivity contribution in [3.8, 4) is 0 Å². The highest BCUT2D eigenvalue weighted by molar-refractivity contribution is 7.89. The maximum absolute atomic E-state index is 12.9. The Morgan fingerprint density at radius 2 is 1.85 bits per heavy atom. The minimum atomic E-state index is -3.67. The number of carbonyl (C=O) groups is 2. The van der Waals surface area contributed by atoms with Crippen LogP contribution >= 0.6 is 11.3 Å². The van der Waals surface area contributed by atoms with Crippen LogP contribution in [0.15, 0.2) is 51.7 Å². The van der Waals surface area contributed by atoms with E-state index >= 15 is 0 Å². The number of hydrogen-bond acceptors (Lipinski definition) is 7. The van der Waals surface area contributed by atoms with Gasteiger partial charge in [-0.1, -0.05) is 0 Å². The van der Waals surface area contributed by atoms with E-state index in [0.29, 0.717) is 28.7 Å². The Bertz CT molecular complexity index is 1340. The van der Waals surface area contributed by atoms with Gasteiger partial charge in [-0.25, -0.2) is 13.4 Å². The van der Waals surface area contributed by atoms with Gasteiger partial charge in [0.1, 0.15) is 11.4 Å². The topological polar surface area (TPSA) is 130 Å². The Morgan fingerprint density at radius 1 is 1.15 bits per heavy atom. The van der Waals surface area contributed by atoms with Crippen molar-refractivity contribution in [2.45, 2.75) is 37.2 Å². The van der Waals surface area contributed by atoms with Gasteiger partial charge < -0.3 is 10.6 Å². The molecule has 0 unspecified atom stereocenters. The van der Waals surface area contributed by atoms with E-state index in [2.05, 4.69) is 15.6 Å². The molecule has 2 amide bonds. The molecule has 33 heavy (non-hydrogen) atoms. The van der Waals surface area contributed by atoms with Crippen molar-refractivity contribution < 1.29 is 18.0 Å². The molecule has 1 aliphatic rings. The molecule has 1 saturated heterocycles. The summed E-state index contributed by atoms with van der Waals surface area (Å²) in [6.45, 7) is 1.77. The van der Waals surface area contributed by atoms with Gasteiger partial charge in [0, 0.05) is 31.7 Å². The van der Waals surface area contributed by atoms with E-state index in [1.165, 1.54) is 45.6 Å². The molecule has 174 valence electrons. The van der Waals surface area contributed by atoms with Crippen LogP contribution in [-0.2, 0) is 26.2 Å². The van der Waals surface area contributed by atoms with E-state index in [9.17, 15) is 22.8 Å². The van der Waals surface area contributed by atoms with Crippen molar-refractivity contribution in [2.75, 3.05) is 18.4 Å². The summed E-state index contributed by atoms with van der Waals surface area (Å²) in [5.41, 5.74) is 0.261. The zero-order valence-corrected chi connectivity index (χ0v) is 19.5. The van der Waals surface area contributed by atoms with E-state index in [4.69, 9.17) is 0 Å². The molecule has 0 atom stereocenters. The van der Waals surface area contributed by atoms with Crippen molar-refractivity contribution in [1.29, 1.82) is 0 Å². The Hall–Kier alpha value is -3.09. The van der Waals surface area contributed by atoms with Crippen molar-refractivity contribution in [3.63, 3.8) is 0 Å². The van der Waals surface area contributed by atoms with Gasteiger partial charge in [0.15, 0.2) is 0 Å². The molecule has 1 aliphatic heterocycles. The number of carbonyl (C=O) groups excluding carboxylic acids is 2. The molecular weight excluding hydrogens is 466 g/mol. The van der Waals surface area contributed by atoms with E-state index in [1.807, 2.05) is 0 Å². The van der Waals surface area contributed by atoms with Crippen LogP contribution in [0, 0.1) is 0 Å². The van der Waals surface area contributed by atoms with E-state index in [1.54, 1.807) is 23.6 Å². The minimum Gasteiger partial charge on any atom is -0.352 e. The SMILES string of the molecule is CC(=O)Nc1ccc(S(=O)(=O)N2CCC(NC(=O)Cn3cnc4sccc4c3=O)CC2)cc1. The molecule has 0 aliphatic carbocycles. The second-order valence-electron chi connectivity index (χ2n) is 7.77. The Labute approximate surface area is 194 Å². The summed E-state index contributed by atoms with van der Waals surface area (Å²) >= 11 is 1.37. The van der Waals surface area contributed by atoms with Gasteiger partial charge in [-0.05, 0) is 48.6 Å². The minimum absolute atomic E-state index is 0.142. The summed E-state index contributed by atoms with van der Waals surface area (Å²) in [5, 5.41) is 7.76. The molecule has 12 heteroatoms. The summed E-state index contributed by atoms with van der Waals surface area (Å²) < 4.78 is 28.5. The van der Waals surface area contributed by atoms with Gasteiger partial charge in [0.2, 0.25) is 21.8 Å². The van der Waals surface area contributed by atoms with Gasteiger partial charge in [-0.3, -0.25) is 19.0 Å².